The van der Waals surface area contributed by atoms with E-state index in [9.17, 15) is 9.59 Å². The van der Waals surface area contributed by atoms with Crippen LogP contribution >= 0.6 is 0 Å². The van der Waals surface area contributed by atoms with Gasteiger partial charge in [0.25, 0.3) is 0 Å². The average molecular weight is 382 g/mol. The fourth-order valence-electron chi connectivity index (χ4n) is 5.28. The number of benzene rings is 7. The molecule has 138 valence electrons. The lowest BCUT2D eigenvalue weighted by molar-refractivity contribution is 1.55. The van der Waals surface area contributed by atoms with E-state index >= 15 is 0 Å². The Labute approximate surface area is 170 Å². The fraction of sp³-hybridized carbons (Fsp3) is 0. The second-order valence-electron chi connectivity index (χ2n) is 8.02. The van der Waals surface area contributed by atoms with Crippen LogP contribution in [0.1, 0.15) is 0 Å². The molecular weight excluding hydrogens is 368 g/mol. The van der Waals surface area contributed by atoms with Crippen LogP contribution in [0.25, 0.3) is 64.6 Å². The number of hydrogen-bond donors (Lipinski definition) is 0. The van der Waals surface area contributed by atoms with Crippen LogP contribution in [0.4, 0.5) is 0 Å². The quantitative estimate of drug-likeness (QED) is 0.178. The Balaban J connectivity index is 2.01. The predicted molar refractivity (Wildman–Crippen MR) is 126 cm³/mol. The zero-order valence-electron chi connectivity index (χ0n) is 15.9. The van der Waals surface area contributed by atoms with Crippen LogP contribution in [0.5, 0.6) is 0 Å². The van der Waals surface area contributed by atoms with Crippen molar-refractivity contribution >= 4 is 64.6 Å². The Morgan fingerprint density at radius 3 is 1.90 bits per heavy atom. The normalized spacial score (nSPS) is 12.3. The summed E-state index contributed by atoms with van der Waals surface area (Å²) in [5, 5.41) is 12.7. The van der Waals surface area contributed by atoms with Crippen LogP contribution in [0.2, 0.25) is 0 Å². The van der Waals surface area contributed by atoms with Crippen LogP contribution in [0, 0.1) is 0 Å². The third-order valence-electron chi connectivity index (χ3n) is 6.52. The molecule has 0 fully saturated rings. The SMILES string of the molecule is O=c1ccc2c(cc3c4ccccc4cc4c5cccc6cccc(c65)c2c34)c1=O. The molecular formula is C28H14O2. The van der Waals surface area contributed by atoms with E-state index in [1.54, 1.807) is 0 Å². The molecule has 0 aliphatic rings. The largest absolute Gasteiger partial charge is 0.286 e. The molecule has 0 heterocycles. The number of rotatable bonds is 0. The van der Waals surface area contributed by atoms with Gasteiger partial charge in [0.05, 0.1) is 0 Å². The minimum absolute atomic E-state index is 0.425. The van der Waals surface area contributed by atoms with Gasteiger partial charge >= 0.3 is 0 Å². The van der Waals surface area contributed by atoms with Crippen molar-refractivity contribution in [3.8, 4) is 0 Å². The van der Waals surface area contributed by atoms with Gasteiger partial charge < -0.3 is 0 Å². The van der Waals surface area contributed by atoms with Gasteiger partial charge in [0.1, 0.15) is 0 Å². The molecule has 0 aromatic heterocycles. The van der Waals surface area contributed by atoms with E-state index in [1.807, 2.05) is 24.3 Å². The molecule has 2 heteroatoms. The molecule has 0 saturated carbocycles. The van der Waals surface area contributed by atoms with Gasteiger partial charge in [0, 0.05) is 5.39 Å². The van der Waals surface area contributed by atoms with Crippen LogP contribution in [-0.2, 0) is 0 Å². The van der Waals surface area contributed by atoms with Crippen LogP contribution < -0.4 is 10.9 Å². The summed E-state index contributed by atoms with van der Waals surface area (Å²) in [6.07, 6.45) is 0. The Morgan fingerprint density at radius 2 is 1.03 bits per heavy atom. The number of hydrogen-bond acceptors (Lipinski definition) is 2. The monoisotopic (exact) mass is 382 g/mol. The van der Waals surface area contributed by atoms with Crippen molar-refractivity contribution in [2.24, 2.45) is 0 Å². The highest BCUT2D eigenvalue weighted by Crippen LogP contribution is 2.45. The molecule has 0 N–H and O–H groups in total. The van der Waals surface area contributed by atoms with Crippen molar-refractivity contribution in [2.75, 3.05) is 0 Å². The molecule has 7 rings (SSSR count). The second kappa shape index (κ2) is 5.31. The molecule has 7 aromatic carbocycles. The van der Waals surface area contributed by atoms with E-state index in [1.165, 1.54) is 27.6 Å². The van der Waals surface area contributed by atoms with Crippen LogP contribution in [0.15, 0.2) is 94.5 Å². The molecule has 0 aliphatic heterocycles. The van der Waals surface area contributed by atoms with Gasteiger partial charge in [-0.25, -0.2) is 0 Å². The maximum Gasteiger partial charge on any atom is 0.233 e. The van der Waals surface area contributed by atoms with E-state index in [-0.39, 0.29) is 0 Å². The van der Waals surface area contributed by atoms with Gasteiger partial charge in [-0.15, -0.1) is 0 Å². The summed E-state index contributed by atoms with van der Waals surface area (Å²) >= 11 is 0. The van der Waals surface area contributed by atoms with Crippen molar-refractivity contribution in [3.05, 3.63) is 105 Å². The standard InChI is InChI=1S/C28H14O2/c29-24-12-11-19-23(28(24)30)14-22-17-8-2-1-5-16(17)13-21-18-9-3-6-15-7-4-10-20(25(15)18)26(19)27(21)22/h1-14H. The van der Waals surface area contributed by atoms with Crippen molar-refractivity contribution in [1.29, 1.82) is 0 Å². The van der Waals surface area contributed by atoms with Crippen LogP contribution in [-0.4, -0.2) is 0 Å². The van der Waals surface area contributed by atoms with E-state index < -0.39 is 10.9 Å². The van der Waals surface area contributed by atoms with Crippen molar-refractivity contribution < 1.29 is 0 Å². The highest BCUT2D eigenvalue weighted by atomic mass is 16.2. The van der Waals surface area contributed by atoms with E-state index in [2.05, 4.69) is 54.6 Å². The van der Waals surface area contributed by atoms with Crippen LogP contribution in [0.3, 0.4) is 0 Å². The smallest absolute Gasteiger partial charge is 0.233 e. The first kappa shape index (κ1) is 15.8. The molecule has 0 bridgehead atoms. The van der Waals surface area contributed by atoms with Gasteiger partial charge in [-0.2, -0.15) is 0 Å². The Bertz CT molecular complexity index is 1930. The molecule has 0 unspecified atom stereocenters. The van der Waals surface area contributed by atoms with Gasteiger partial charge in [0.15, 0.2) is 0 Å². The maximum atomic E-state index is 12.9. The summed E-state index contributed by atoms with van der Waals surface area (Å²) in [5.41, 5.74) is -0.880. The van der Waals surface area contributed by atoms with Gasteiger partial charge in [-0.1, -0.05) is 60.7 Å². The fourth-order valence-corrected chi connectivity index (χ4v) is 5.28. The molecule has 0 saturated heterocycles. The zero-order chi connectivity index (χ0) is 20.0. The summed E-state index contributed by atoms with van der Waals surface area (Å²) in [6.45, 7) is 0. The topological polar surface area (TPSA) is 34.1 Å². The molecule has 0 spiro atoms. The molecule has 0 aliphatic carbocycles. The Morgan fingerprint density at radius 1 is 0.400 bits per heavy atom. The summed E-state index contributed by atoms with van der Waals surface area (Å²) < 4.78 is 0. The van der Waals surface area contributed by atoms with Crippen molar-refractivity contribution in [3.63, 3.8) is 0 Å². The summed E-state index contributed by atoms with van der Waals surface area (Å²) in [4.78, 5) is 25.0. The van der Waals surface area contributed by atoms with Crippen molar-refractivity contribution in [2.45, 2.75) is 0 Å². The minimum Gasteiger partial charge on any atom is -0.286 e. The van der Waals surface area contributed by atoms with Gasteiger partial charge in [-0.05, 0) is 83.5 Å². The maximum absolute atomic E-state index is 12.9. The highest BCUT2D eigenvalue weighted by molar-refractivity contribution is 6.40. The summed E-state index contributed by atoms with van der Waals surface area (Å²) in [5.74, 6) is 0. The van der Waals surface area contributed by atoms with Crippen molar-refractivity contribution in [1.82, 2.24) is 0 Å². The predicted octanol–water partition coefficient (Wildman–Crippen LogP) is 6.20. The average Bonchev–Trinajstić information content (AvgIpc) is 2.79. The molecule has 30 heavy (non-hydrogen) atoms. The van der Waals surface area contributed by atoms with E-state index in [0.29, 0.717) is 5.39 Å². The second-order valence-corrected chi connectivity index (χ2v) is 8.02. The third-order valence-corrected chi connectivity index (χ3v) is 6.52. The first-order valence-electron chi connectivity index (χ1n) is 10.0. The molecule has 0 atom stereocenters. The summed E-state index contributed by atoms with van der Waals surface area (Å²) in [7, 11) is 0. The minimum atomic E-state index is -0.455. The molecule has 7 aromatic rings. The Kier molecular flexibility index (Phi) is 2.80. The highest BCUT2D eigenvalue weighted by Gasteiger charge is 2.18. The first-order valence-corrected chi connectivity index (χ1v) is 10.0. The van der Waals surface area contributed by atoms with E-state index in [0.717, 1.165) is 37.7 Å². The zero-order valence-corrected chi connectivity index (χ0v) is 15.9. The molecule has 0 amide bonds. The Hall–Kier alpha value is -4.04. The van der Waals surface area contributed by atoms with E-state index in [4.69, 9.17) is 0 Å². The lowest BCUT2D eigenvalue weighted by atomic mass is 9.85. The molecule has 2 nitrogen and oxygen atoms in total. The first-order chi connectivity index (χ1) is 14.7. The summed E-state index contributed by atoms with van der Waals surface area (Å²) in [6, 6.07) is 28.4. The van der Waals surface area contributed by atoms with Gasteiger partial charge in [-0.3, -0.25) is 9.59 Å². The lowest BCUT2D eigenvalue weighted by Crippen LogP contribution is -2.22. The lowest BCUT2D eigenvalue weighted by Gasteiger charge is -2.17. The van der Waals surface area contributed by atoms with Gasteiger partial charge in [0.2, 0.25) is 10.9 Å². The number of fused-ring (bicyclic) bond motifs is 6. The molecule has 0 radical (unpaired) electrons. The third kappa shape index (κ3) is 1.79.